The Balaban J connectivity index is 3.18. The van der Waals surface area contributed by atoms with Crippen molar-refractivity contribution in [2.24, 2.45) is 0 Å². The molecule has 0 saturated heterocycles. The van der Waals surface area contributed by atoms with Gasteiger partial charge in [-0.05, 0) is 11.6 Å². The second-order valence-electron chi connectivity index (χ2n) is 2.70. The summed E-state index contributed by atoms with van der Waals surface area (Å²) in [4.78, 5) is 21.0. The van der Waals surface area contributed by atoms with Crippen molar-refractivity contribution in [1.29, 1.82) is 0 Å². The Morgan fingerprint density at radius 3 is 2.07 bits per heavy atom. The van der Waals surface area contributed by atoms with Crippen LogP contribution in [-0.2, 0) is 9.59 Å². The second kappa shape index (κ2) is 3.78. The van der Waals surface area contributed by atoms with Crippen LogP contribution in [0.2, 0.25) is 0 Å². The lowest BCUT2D eigenvalue weighted by Gasteiger charge is -2.20. The number of para-hydroxylation sites is 1. The molecule has 74 valence electrons. The minimum Gasteiger partial charge on any atom is -0.549 e. The third-order valence-corrected chi connectivity index (χ3v) is 1.78. The molecule has 0 spiro atoms. The first-order valence-electron chi connectivity index (χ1n) is 3.80. The minimum atomic E-state index is -1.82. The standard InChI is InChI=1S/C9H9NO4/c10-6-4-2-1-3-5(6)7(8(11)12)9(13)14/h1-4,7H,10H2,(H,11,12)(H,13,14)/p-2. The van der Waals surface area contributed by atoms with E-state index in [1.165, 1.54) is 18.2 Å². The van der Waals surface area contributed by atoms with Crippen molar-refractivity contribution in [3.8, 4) is 0 Å². The maximum Gasteiger partial charge on any atom is 0.0652 e. The maximum absolute atomic E-state index is 10.5. The third-order valence-electron chi connectivity index (χ3n) is 1.78. The monoisotopic (exact) mass is 193 g/mol. The molecule has 1 aromatic rings. The van der Waals surface area contributed by atoms with Crippen LogP contribution in [0.4, 0.5) is 5.69 Å². The predicted molar refractivity (Wildman–Crippen MR) is 43.6 cm³/mol. The van der Waals surface area contributed by atoms with Crippen LogP contribution < -0.4 is 15.9 Å². The van der Waals surface area contributed by atoms with E-state index in [0.717, 1.165) is 0 Å². The van der Waals surface area contributed by atoms with Gasteiger partial charge >= 0.3 is 0 Å². The van der Waals surface area contributed by atoms with Gasteiger partial charge in [-0.15, -0.1) is 0 Å². The number of hydrogen-bond donors (Lipinski definition) is 1. The summed E-state index contributed by atoms with van der Waals surface area (Å²) in [6.45, 7) is 0. The van der Waals surface area contributed by atoms with Crippen molar-refractivity contribution in [3.05, 3.63) is 29.8 Å². The highest BCUT2D eigenvalue weighted by Crippen LogP contribution is 2.20. The van der Waals surface area contributed by atoms with Crippen LogP contribution in [0.5, 0.6) is 0 Å². The van der Waals surface area contributed by atoms with E-state index in [2.05, 4.69) is 0 Å². The van der Waals surface area contributed by atoms with Gasteiger partial charge < -0.3 is 25.5 Å². The van der Waals surface area contributed by atoms with Crippen LogP contribution in [0, 0.1) is 0 Å². The van der Waals surface area contributed by atoms with E-state index in [0.29, 0.717) is 0 Å². The van der Waals surface area contributed by atoms with Gasteiger partial charge in [0, 0.05) is 5.69 Å². The Bertz CT molecular complexity index is 361. The highest BCUT2D eigenvalue weighted by molar-refractivity contribution is 5.98. The largest absolute Gasteiger partial charge is 0.549 e. The van der Waals surface area contributed by atoms with Crippen LogP contribution in [0.25, 0.3) is 0 Å². The summed E-state index contributed by atoms with van der Waals surface area (Å²) < 4.78 is 0. The number of carboxylic acid groups (broad SMARTS) is 2. The highest BCUT2D eigenvalue weighted by Gasteiger charge is 2.16. The summed E-state index contributed by atoms with van der Waals surface area (Å²) >= 11 is 0. The van der Waals surface area contributed by atoms with E-state index in [1.807, 2.05) is 0 Å². The van der Waals surface area contributed by atoms with Gasteiger partial charge in [0.2, 0.25) is 0 Å². The fourth-order valence-electron chi connectivity index (χ4n) is 1.12. The van der Waals surface area contributed by atoms with Gasteiger partial charge in [0.05, 0.1) is 17.9 Å². The Morgan fingerprint density at radius 2 is 1.64 bits per heavy atom. The molecule has 0 atom stereocenters. The topological polar surface area (TPSA) is 106 Å². The molecule has 0 amide bonds. The summed E-state index contributed by atoms with van der Waals surface area (Å²) in [5, 5.41) is 21.0. The van der Waals surface area contributed by atoms with E-state index in [1.54, 1.807) is 6.07 Å². The zero-order chi connectivity index (χ0) is 10.7. The average molecular weight is 193 g/mol. The Labute approximate surface area is 79.8 Å². The zero-order valence-electron chi connectivity index (χ0n) is 7.10. The number of carbonyl (C=O) groups is 2. The van der Waals surface area contributed by atoms with Crippen LogP contribution in [-0.4, -0.2) is 11.9 Å². The minimum absolute atomic E-state index is 0.0208. The van der Waals surface area contributed by atoms with Crippen molar-refractivity contribution in [1.82, 2.24) is 0 Å². The first-order valence-corrected chi connectivity index (χ1v) is 3.80. The fraction of sp³-hybridized carbons (Fsp3) is 0.111. The molecule has 1 aromatic carbocycles. The van der Waals surface area contributed by atoms with Crippen LogP contribution in [0.15, 0.2) is 24.3 Å². The molecule has 0 aliphatic rings. The SMILES string of the molecule is Nc1ccccc1C(C(=O)[O-])C(=O)[O-]. The Morgan fingerprint density at radius 1 is 1.14 bits per heavy atom. The normalized spacial score (nSPS) is 10.1. The number of benzene rings is 1. The van der Waals surface area contributed by atoms with Gasteiger partial charge in [0.15, 0.2) is 0 Å². The highest BCUT2D eigenvalue weighted by atomic mass is 16.4. The molecule has 0 unspecified atom stereocenters. The van der Waals surface area contributed by atoms with E-state index < -0.39 is 17.9 Å². The summed E-state index contributed by atoms with van der Waals surface area (Å²) in [5.41, 5.74) is 5.48. The number of rotatable bonds is 3. The van der Waals surface area contributed by atoms with Crippen LogP contribution >= 0.6 is 0 Å². The molecular formula is C9H7NO4-2. The second-order valence-corrected chi connectivity index (χ2v) is 2.70. The van der Waals surface area contributed by atoms with Gasteiger partial charge in [-0.25, -0.2) is 0 Å². The smallest absolute Gasteiger partial charge is 0.0652 e. The van der Waals surface area contributed by atoms with E-state index in [-0.39, 0.29) is 11.3 Å². The molecule has 0 heterocycles. The molecule has 2 N–H and O–H groups in total. The first-order chi connectivity index (χ1) is 6.54. The van der Waals surface area contributed by atoms with Crippen molar-refractivity contribution < 1.29 is 19.8 Å². The lowest BCUT2D eigenvalue weighted by molar-refractivity contribution is -0.326. The summed E-state index contributed by atoms with van der Waals surface area (Å²) in [7, 11) is 0. The number of carbonyl (C=O) groups excluding carboxylic acids is 2. The molecule has 0 bridgehead atoms. The van der Waals surface area contributed by atoms with Crippen molar-refractivity contribution in [2.45, 2.75) is 5.92 Å². The average Bonchev–Trinajstić information content (AvgIpc) is 2.07. The van der Waals surface area contributed by atoms with Gasteiger partial charge in [-0.2, -0.15) is 0 Å². The fourth-order valence-corrected chi connectivity index (χ4v) is 1.12. The molecular weight excluding hydrogens is 186 g/mol. The molecule has 5 nitrogen and oxygen atoms in total. The van der Waals surface area contributed by atoms with Gasteiger partial charge in [0.25, 0.3) is 0 Å². The third kappa shape index (κ3) is 1.82. The molecule has 1 rings (SSSR count). The van der Waals surface area contributed by atoms with E-state index in [9.17, 15) is 19.8 Å². The van der Waals surface area contributed by atoms with Crippen molar-refractivity contribution in [3.63, 3.8) is 0 Å². The number of nitrogens with two attached hydrogens (primary N) is 1. The molecule has 0 radical (unpaired) electrons. The molecule has 0 fully saturated rings. The predicted octanol–water partition coefficient (Wildman–Crippen LogP) is -2.15. The number of anilines is 1. The number of hydrogen-bond acceptors (Lipinski definition) is 5. The molecule has 0 aromatic heterocycles. The maximum atomic E-state index is 10.5. The Hall–Kier alpha value is -2.04. The van der Waals surface area contributed by atoms with Crippen LogP contribution in [0.1, 0.15) is 11.5 Å². The zero-order valence-corrected chi connectivity index (χ0v) is 7.10. The number of aliphatic carboxylic acids is 2. The van der Waals surface area contributed by atoms with Gasteiger partial charge in [-0.3, -0.25) is 0 Å². The van der Waals surface area contributed by atoms with Crippen LogP contribution in [0.3, 0.4) is 0 Å². The molecule has 0 aliphatic carbocycles. The number of carboxylic acids is 2. The van der Waals surface area contributed by atoms with Crippen molar-refractivity contribution >= 4 is 17.6 Å². The molecule has 5 heteroatoms. The van der Waals surface area contributed by atoms with Gasteiger partial charge in [-0.1, -0.05) is 18.2 Å². The summed E-state index contributed by atoms with van der Waals surface area (Å²) in [5.74, 6) is -5.29. The van der Waals surface area contributed by atoms with E-state index >= 15 is 0 Å². The Kier molecular flexibility index (Phi) is 2.71. The molecule has 14 heavy (non-hydrogen) atoms. The van der Waals surface area contributed by atoms with Gasteiger partial charge in [0.1, 0.15) is 0 Å². The molecule has 0 aliphatic heterocycles. The lowest BCUT2D eigenvalue weighted by Crippen LogP contribution is -2.41. The quantitative estimate of drug-likeness (QED) is 0.435. The van der Waals surface area contributed by atoms with Crippen molar-refractivity contribution in [2.75, 3.05) is 5.73 Å². The summed E-state index contributed by atoms with van der Waals surface area (Å²) in [6, 6.07) is 5.78. The molecule has 0 saturated carbocycles. The summed E-state index contributed by atoms with van der Waals surface area (Å²) in [6.07, 6.45) is 0. The van der Waals surface area contributed by atoms with E-state index in [4.69, 9.17) is 5.73 Å². The number of nitrogen functional groups attached to an aromatic ring is 1. The first kappa shape index (κ1) is 10.0. The lowest BCUT2D eigenvalue weighted by atomic mass is 9.98.